The van der Waals surface area contributed by atoms with E-state index in [2.05, 4.69) is 22.8 Å². The Labute approximate surface area is 144 Å². The summed E-state index contributed by atoms with van der Waals surface area (Å²) in [7, 11) is 0. The summed E-state index contributed by atoms with van der Waals surface area (Å²) in [6.07, 6.45) is 9.94. The van der Waals surface area contributed by atoms with Crippen LogP contribution in [0.25, 0.3) is 0 Å². The van der Waals surface area contributed by atoms with E-state index in [0.717, 1.165) is 44.6 Å². The highest BCUT2D eigenvalue weighted by Gasteiger charge is 2.24. The van der Waals surface area contributed by atoms with E-state index in [1.807, 2.05) is 0 Å². The van der Waals surface area contributed by atoms with E-state index in [4.69, 9.17) is 4.74 Å². The van der Waals surface area contributed by atoms with Crippen LogP contribution in [0.4, 0.5) is 0 Å². The van der Waals surface area contributed by atoms with Crippen molar-refractivity contribution in [3.05, 3.63) is 28.8 Å². The molecule has 0 saturated carbocycles. The first-order valence-corrected chi connectivity index (χ1v) is 9.61. The topological polar surface area (TPSA) is 50.4 Å². The number of hydrogen-bond donors (Lipinski definition) is 2. The first kappa shape index (κ1) is 15.9. The Bertz CT molecular complexity index is 614. The van der Waals surface area contributed by atoms with Crippen LogP contribution in [0.5, 0.6) is 5.75 Å². The summed E-state index contributed by atoms with van der Waals surface area (Å²) < 4.78 is 6.04. The SMILES string of the molecule is O=C1CCC(CCNC2CCCOc3cc4c(cc32)CCCC4)N1. The number of amides is 1. The van der Waals surface area contributed by atoms with Gasteiger partial charge in [-0.15, -0.1) is 0 Å². The average Bonchev–Trinajstić information content (AvgIpc) is 2.91. The molecule has 1 saturated heterocycles. The standard InChI is InChI=1S/C20H28N2O2/c23-20-8-7-16(22-20)9-10-21-18-6-3-11-24-19-13-15-5-2-1-4-14(15)12-17(18)19/h12-13,16,18,21H,1-11H2,(H,22,23). The number of hydrogen-bond acceptors (Lipinski definition) is 3. The smallest absolute Gasteiger partial charge is 0.220 e. The van der Waals surface area contributed by atoms with Gasteiger partial charge < -0.3 is 15.4 Å². The molecule has 1 aromatic carbocycles. The Morgan fingerprint density at radius 3 is 2.71 bits per heavy atom. The van der Waals surface area contributed by atoms with Gasteiger partial charge in [-0.2, -0.15) is 0 Å². The molecule has 2 atom stereocenters. The fourth-order valence-electron chi connectivity index (χ4n) is 4.34. The zero-order valence-electron chi connectivity index (χ0n) is 14.4. The van der Waals surface area contributed by atoms with Crippen molar-refractivity contribution in [3.8, 4) is 5.75 Å². The summed E-state index contributed by atoms with van der Waals surface area (Å²) in [5, 5.41) is 6.80. The molecule has 2 heterocycles. The molecule has 1 aliphatic carbocycles. The second kappa shape index (κ2) is 7.14. The quantitative estimate of drug-likeness (QED) is 0.893. The average molecular weight is 328 g/mol. The molecule has 4 heteroatoms. The molecule has 2 N–H and O–H groups in total. The lowest BCUT2D eigenvalue weighted by atomic mass is 9.88. The van der Waals surface area contributed by atoms with Crippen molar-refractivity contribution in [3.63, 3.8) is 0 Å². The van der Waals surface area contributed by atoms with E-state index in [1.165, 1.54) is 42.4 Å². The Hall–Kier alpha value is -1.55. The van der Waals surface area contributed by atoms with Gasteiger partial charge in [0.25, 0.3) is 0 Å². The van der Waals surface area contributed by atoms with Gasteiger partial charge in [-0.3, -0.25) is 4.79 Å². The maximum atomic E-state index is 11.3. The molecular weight excluding hydrogens is 300 g/mol. The predicted molar refractivity (Wildman–Crippen MR) is 94.3 cm³/mol. The van der Waals surface area contributed by atoms with Gasteiger partial charge in [0.15, 0.2) is 0 Å². The van der Waals surface area contributed by atoms with Gasteiger partial charge in [-0.05, 0) is 75.1 Å². The fourth-order valence-corrected chi connectivity index (χ4v) is 4.34. The minimum atomic E-state index is 0.208. The van der Waals surface area contributed by atoms with Gasteiger partial charge in [0.1, 0.15) is 5.75 Å². The monoisotopic (exact) mass is 328 g/mol. The molecule has 0 aromatic heterocycles. The minimum Gasteiger partial charge on any atom is -0.493 e. The lowest BCUT2D eigenvalue weighted by Gasteiger charge is -2.23. The number of carbonyl (C=O) groups excluding carboxylic acids is 1. The van der Waals surface area contributed by atoms with Gasteiger partial charge in [0.05, 0.1) is 6.61 Å². The number of nitrogens with one attached hydrogen (secondary N) is 2. The first-order valence-electron chi connectivity index (χ1n) is 9.61. The second-order valence-electron chi connectivity index (χ2n) is 7.46. The summed E-state index contributed by atoms with van der Waals surface area (Å²) in [5.74, 6) is 1.31. The minimum absolute atomic E-state index is 0.208. The van der Waals surface area contributed by atoms with Crippen LogP contribution in [0, 0.1) is 0 Å². The van der Waals surface area contributed by atoms with E-state index < -0.39 is 0 Å². The summed E-state index contributed by atoms with van der Waals surface area (Å²) in [4.78, 5) is 11.3. The largest absolute Gasteiger partial charge is 0.493 e. The lowest BCUT2D eigenvalue weighted by molar-refractivity contribution is -0.119. The van der Waals surface area contributed by atoms with Crippen LogP contribution >= 0.6 is 0 Å². The molecule has 0 bridgehead atoms. The number of rotatable bonds is 4. The van der Waals surface area contributed by atoms with Crippen LogP contribution in [0.2, 0.25) is 0 Å². The van der Waals surface area contributed by atoms with Crippen LogP contribution < -0.4 is 15.4 Å². The normalized spacial score (nSPS) is 26.1. The molecule has 2 aliphatic heterocycles. The van der Waals surface area contributed by atoms with Gasteiger partial charge in [0, 0.05) is 24.1 Å². The Balaban J connectivity index is 1.45. The van der Waals surface area contributed by atoms with Crippen molar-refractivity contribution in [1.29, 1.82) is 0 Å². The van der Waals surface area contributed by atoms with Crippen LogP contribution in [0.3, 0.4) is 0 Å². The highest BCUT2D eigenvalue weighted by atomic mass is 16.5. The third kappa shape index (κ3) is 3.44. The summed E-state index contributed by atoms with van der Waals surface area (Å²) in [6, 6.07) is 5.45. The number of ether oxygens (including phenoxy) is 1. The Morgan fingerprint density at radius 1 is 1.08 bits per heavy atom. The molecule has 1 fully saturated rings. The predicted octanol–water partition coefficient (Wildman–Crippen LogP) is 3.04. The lowest BCUT2D eigenvalue weighted by Crippen LogP contribution is -2.31. The molecule has 4 rings (SSSR count). The van der Waals surface area contributed by atoms with Crippen LogP contribution in [-0.2, 0) is 17.6 Å². The number of benzene rings is 1. The van der Waals surface area contributed by atoms with Gasteiger partial charge >= 0.3 is 0 Å². The summed E-state index contributed by atoms with van der Waals surface area (Å²) in [5.41, 5.74) is 4.37. The van der Waals surface area contributed by atoms with Gasteiger partial charge in [-0.1, -0.05) is 6.07 Å². The number of carbonyl (C=O) groups is 1. The van der Waals surface area contributed by atoms with Crippen molar-refractivity contribution in [1.82, 2.24) is 10.6 Å². The summed E-state index contributed by atoms with van der Waals surface area (Å²) in [6.45, 7) is 1.77. The van der Waals surface area contributed by atoms with Crippen molar-refractivity contribution in [2.24, 2.45) is 0 Å². The molecule has 24 heavy (non-hydrogen) atoms. The molecule has 130 valence electrons. The second-order valence-corrected chi connectivity index (χ2v) is 7.46. The molecular formula is C20H28N2O2. The molecule has 2 unspecified atom stereocenters. The summed E-state index contributed by atoms with van der Waals surface area (Å²) >= 11 is 0. The van der Waals surface area contributed by atoms with Crippen LogP contribution in [0.1, 0.15) is 67.7 Å². The number of aryl methyl sites for hydroxylation is 2. The maximum Gasteiger partial charge on any atom is 0.220 e. The highest BCUT2D eigenvalue weighted by molar-refractivity contribution is 5.78. The fraction of sp³-hybridized carbons (Fsp3) is 0.650. The zero-order chi connectivity index (χ0) is 16.4. The molecule has 4 nitrogen and oxygen atoms in total. The van der Waals surface area contributed by atoms with Crippen molar-refractivity contribution in [2.45, 2.75) is 69.9 Å². The molecule has 0 radical (unpaired) electrons. The van der Waals surface area contributed by atoms with E-state index in [0.29, 0.717) is 18.5 Å². The Kier molecular flexibility index (Phi) is 4.74. The maximum absolute atomic E-state index is 11.3. The van der Waals surface area contributed by atoms with Gasteiger partial charge in [-0.25, -0.2) is 0 Å². The van der Waals surface area contributed by atoms with Crippen molar-refractivity contribution < 1.29 is 9.53 Å². The molecule has 1 aromatic rings. The van der Waals surface area contributed by atoms with Crippen LogP contribution in [-0.4, -0.2) is 25.1 Å². The molecule has 1 amide bonds. The number of fused-ring (bicyclic) bond motifs is 2. The van der Waals surface area contributed by atoms with Crippen molar-refractivity contribution >= 4 is 5.91 Å². The Morgan fingerprint density at radius 2 is 1.92 bits per heavy atom. The third-order valence-corrected chi connectivity index (χ3v) is 5.71. The third-order valence-electron chi connectivity index (χ3n) is 5.71. The zero-order valence-corrected chi connectivity index (χ0v) is 14.4. The molecule has 3 aliphatic rings. The van der Waals surface area contributed by atoms with Crippen LogP contribution in [0.15, 0.2) is 12.1 Å². The van der Waals surface area contributed by atoms with E-state index in [-0.39, 0.29) is 5.91 Å². The van der Waals surface area contributed by atoms with E-state index in [1.54, 1.807) is 0 Å². The molecule has 0 spiro atoms. The van der Waals surface area contributed by atoms with Gasteiger partial charge in [0.2, 0.25) is 5.91 Å². The first-order chi connectivity index (χ1) is 11.8. The van der Waals surface area contributed by atoms with E-state index in [9.17, 15) is 4.79 Å². The van der Waals surface area contributed by atoms with Crippen molar-refractivity contribution in [2.75, 3.05) is 13.2 Å². The van der Waals surface area contributed by atoms with E-state index >= 15 is 0 Å². The highest BCUT2D eigenvalue weighted by Crippen LogP contribution is 2.36.